The molecule has 0 aliphatic heterocycles. The monoisotopic (exact) mass is 644 g/mol. The Bertz CT molecular complexity index is 1460. The number of hydrogen-bond donors (Lipinski definition) is 1. The maximum Gasteiger partial charge on any atom is 0.159 e. The van der Waals surface area contributed by atoms with Crippen molar-refractivity contribution in [1.82, 2.24) is 0 Å². The van der Waals surface area contributed by atoms with Gasteiger partial charge in [-0.05, 0) is 112 Å². The van der Waals surface area contributed by atoms with Crippen LogP contribution < -0.4 is 5.11 Å². The first kappa shape index (κ1) is 42.0. The van der Waals surface area contributed by atoms with E-state index >= 15 is 0 Å². The van der Waals surface area contributed by atoms with Gasteiger partial charge in [0.1, 0.15) is 5.75 Å². The Kier molecular flexibility index (Phi) is 13.8. The van der Waals surface area contributed by atoms with Crippen molar-refractivity contribution in [2.45, 2.75) is 165 Å². The van der Waals surface area contributed by atoms with E-state index in [1.807, 2.05) is 26.8 Å². The van der Waals surface area contributed by atoms with Crippen molar-refractivity contribution in [3.63, 3.8) is 0 Å². The van der Waals surface area contributed by atoms with Gasteiger partial charge in [-0.1, -0.05) is 140 Å². The third-order valence-corrected chi connectivity index (χ3v) is 9.64. The van der Waals surface area contributed by atoms with Gasteiger partial charge in [0.05, 0.1) is 0 Å². The second kappa shape index (κ2) is 15.4. The van der Waals surface area contributed by atoms with Crippen molar-refractivity contribution in [2.75, 3.05) is 0 Å². The molecule has 0 bridgehead atoms. The third-order valence-electron chi connectivity index (χ3n) is 9.64. The molecule has 0 atom stereocenters. The molecule has 3 aromatic carbocycles. The maximum atomic E-state index is 12.0. The number of ketones is 1. The van der Waals surface area contributed by atoms with Gasteiger partial charge in [0.2, 0.25) is 0 Å². The number of carbonyl (C=O) groups is 1. The van der Waals surface area contributed by atoms with E-state index < -0.39 is 0 Å². The summed E-state index contributed by atoms with van der Waals surface area (Å²) in [6, 6.07) is 15.5. The highest BCUT2D eigenvalue weighted by molar-refractivity contribution is 5.94. The van der Waals surface area contributed by atoms with E-state index in [0.717, 1.165) is 24.0 Å². The zero-order valence-electron chi connectivity index (χ0n) is 33.3. The van der Waals surface area contributed by atoms with Gasteiger partial charge in [0.25, 0.3) is 0 Å². The molecule has 1 N–H and O–H groups in total. The highest BCUT2D eigenvalue weighted by Crippen LogP contribution is 2.37. The molecule has 3 aromatic rings. The standard InChI is InChI=1S/C16H26O.C16H26.C12H16O2/c1-7-15(3,4)12-9-10-14(17)13(11-12)16(5,6)8-2;1-11-9-13(15(3,4)5)12(2)14(10-11)16(6,7)8;1-8(13)9-5-6-11(14)10(7-9)12(2,3)4/h9-11,17H,7-8H2,1-6H3;9-10H,1-8H3;5-7,14H,1-4H3/p-1. The molecule has 0 saturated carbocycles. The van der Waals surface area contributed by atoms with Crippen LogP contribution in [-0.2, 0) is 27.1 Å². The van der Waals surface area contributed by atoms with Gasteiger partial charge < -0.3 is 10.2 Å². The number of carbonyl (C=O) groups excluding carboxylic acids is 1. The van der Waals surface area contributed by atoms with E-state index in [0.29, 0.717) is 5.56 Å². The molecule has 0 fully saturated rings. The first-order valence-corrected chi connectivity index (χ1v) is 17.4. The molecule has 262 valence electrons. The number of phenolic OH excluding ortho intramolecular Hbond substituents is 1. The summed E-state index contributed by atoms with van der Waals surface area (Å²) in [5, 5.41) is 21.6. The highest BCUT2D eigenvalue weighted by atomic mass is 16.3. The van der Waals surface area contributed by atoms with Crippen LogP contribution in [0.5, 0.6) is 11.5 Å². The van der Waals surface area contributed by atoms with Crippen LogP contribution in [0.25, 0.3) is 0 Å². The molecule has 0 radical (unpaired) electrons. The van der Waals surface area contributed by atoms with Gasteiger partial charge in [-0.3, -0.25) is 4.79 Å². The summed E-state index contributed by atoms with van der Waals surface area (Å²) >= 11 is 0. The SMILES string of the molecule is CC(=O)c1ccc(O)c(C(C)(C)C)c1.CCC(C)(C)c1ccc([O-])c(C(C)(C)CC)c1.Cc1cc(C(C)(C)C)c(C)c(C(C)(C)C)c1. The van der Waals surface area contributed by atoms with E-state index in [9.17, 15) is 15.0 Å². The zero-order valence-corrected chi connectivity index (χ0v) is 33.3. The van der Waals surface area contributed by atoms with Gasteiger partial charge in [-0.25, -0.2) is 0 Å². The molecule has 0 heterocycles. The molecular formula is C44H67O3-. The lowest BCUT2D eigenvalue weighted by molar-refractivity contribution is -0.270. The largest absolute Gasteiger partial charge is 0.872 e. The van der Waals surface area contributed by atoms with Crippen LogP contribution >= 0.6 is 0 Å². The average Bonchev–Trinajstić information content (AvgIpc) is 2.93. The summed E-state index contributed by atoms with van der Waals surface area (Å²) in [6.07, 6.45) is 2.06. The van der Waals surface area contributed by atoms with E-state index in [1.165, 1.54) is 34.7 Å². The Labute approximate surface area is 289 Å². The molecule has 0 aliphatic carbocycles. The second-order valence-electron chi connectivity index (χ2n) is 17.7. The van der Waals surface area contributed by atoms with Crippen molar-refractivity contribution in [1.29, 1.82) is 0 Å². The molecule has 3 rings (SSSR count). The summed E-state index contributed by atoms with van der Waals surface area (Å²) in [4.78, 5) is 11.2. The normalized spacial score (nSPS) is 12.5. The fourth-order valence-corrected chi connectivity index (χ4v) is 5.65. The lowest BCUT2D eigenvalue weighted by atomic mass is 9.76. The molecule has 0 unspecified atom stereocenters. The molecule has 3 nitrogen and oxygen atoms in total. The Balaban J connectivity index is 0.000000354. The van der Waals surface area contributed by atoms with Crippen LogP contribution in [0.2, 0.25) is 0 Å². The summed E-state index contributed by atoms with van der Waals surface area (Å²) in [5.41, 5.74) is 9.93. The third kappa shape index (κ3) is 11.5. The Morgan fingerprint density at radius 1 is 0.617 bits per heavy atom. The van der Waals surface area contributed by atoms with Crippen LogP contribution in [0.4, 0.5) is 0 Å². The van der Waals surface area contributed by atoms with Crippen molar-refractivity contribution in [3.05, 3.63) is 93.0 Å². The number of aryl methyl sites for hydroxylation is 1. The van der Waals surface area contributed by atoms with Crippen LogP contribution in [0, 0.1) is 13.8 Å². The summed E-state index contributed by atoms with van der Waals surface area (Å²) < 4.78 is 0. The Morgan fingerprint density at radius 3 is 1.45 bits per heavy atom. The quantitative estimate of drug-likeness (QED) is 0.281. The van der Waals surface area contributed by atoms with E-state index in [-0.39, 0.29) is 44.4 Å². The van der Waals surface area contributed by atoms with Crippen LogP contribution in [0.1, 0.15) is 173 Å². The molecule has 0 amide bonds. The van der Waals surface area contributed by atoms with Gasteiger partial charge >= 0.3 is 0 Å². The topological polar surface area (TPSA) is 60.4 Å². The van der Waals surface area contributed by atoms with Crippen LogP contribution in [0.3, 0.4) is 0 Å². The van der Waals surface area contributed by atoms with Crippen LogP contribution in [0.15, 0.2) is 48.5 Å². The predicted molar refractivity (Wildman–Crippen MR) is 203 cm³/mol. The number of phenols is 1. The minimum Gasteiger partial charge on any atom is -0.872 e. The zero-order chi connectivity index (χ0) is 36.9. The molecule has 0 aromatic heterocycles. The molecule has 0 spiro atoms. The minimum absolute atomic E-state index is 0.0236. The van der Waals surface area contributed by atoms with Crippen LogP contribution in [-0.4, -0.2) is 10.9 Å². The second-order valence-corrected chi connectivity index (χ2v) is 17.7. The molecule has 0 aliphatic rings. The summed E-state index contributed by atoms with van der Waals surface area (Å²) in [5.74, 6) is 0.450. The average molecular weight is 644 g/mol. The van der Waals surface area contributed by atoms with Crippen molar-refractivity contribution >= 4 is 5.78 Å². The number of aromatic hydroxyl groups is 1. The molecule has 3 heteroatoms. The predicted octanol–water partition coefficient (Wildman–Crippen LogP) is 11.9. The van der Waals surface area contributed by atoms with Gasteiger partial charge in [0, 0.05) is 5.56 Å². The lowest BCUT2D eigenvalue weighted by Crippen LogP contribution is -2.21. The summed E-state index contributed by atoms with van der Waals surface area (Å²) in [7, 11) is 0. The van der Waals surface area contributed by atoms with Gasteiger partial charge in [0.15, 0.2) is 5.78 Å². The number of benzene rings is 3. The van der Waals surface area contributed by atoms with E-state index in [2.05, 4.69) is 115 Å². The fraction of sp³-hybridized carbons (Fsp3) is 0.568. The first-order valence-electron chi connectivity index (χ1n) is 17.4. The van der Waals surface area contributed by atoms with Crippen molar-refractivity contribution in [3.8, 4) is 11.5 Å². The van der Waals surface area contributed by atoms with Gasteiger partial charge in [-0.2, -0.15) is 0 Å². The van der Waals surface area contributed by atoms with E-state index in [4.69, 9.17) is 0 Å². The summed E-state index contributed by atoms with van der Waals surface area (Å²) in [6.45, 7) is 38.8. The van der Waals surface area contributed by atoms with Gasteiger partial charge in [-0.15, -0.1) is 5.75 Å². The first-order chi connectivity index (χ1) is 21.1. The number of hydrogen-bond acceptors (Lipinski definition) is 3. The number of Topliss-reactive ketones (excluding diaryl/α,β-unsaturated/α-hetero) is 1. The maximum absolute atomic E-state index is 12.0. The van der Waals surface area contributed by atoms with Crippen molar-refractivity contribution in [2.24, 2.45) is 0 Å². The minimum atomic E-state index is -0.143. The molecule has 47 heavy (non-hydrogen) atoms. The van der Waals surface area contributed by atoms with Crippen molar-refractivity contribution < 1.29 is 15.0 Å². The Morgan fingerprint density at radius 2 is 1.06 bits per heavy atom. The smallest absolute Gasteiger partial charge is 0.159 e. The lowest BCUT2D eigenvalue weighted by Gasteiger charge is -2.32. The van der Waals surface area contributed by atoms with E-state index in [1.54, 1.807) is 24.3 Å². The molecular weight excluding hydrogens is 576 g/mol. The fourth-order valence-electron chi connectivity index (χ4n) is 5.65. The highest BCUT2D eigenvalue weighted by Gasteiger charge is 2.25. The molecule has 0 saturated heterocycles. The Hall–Kier alpha value is -3.07. The number of rotatable bonds is 5.